The smallest absolute Gasteiger partial charge is 0.327 e. The number of carboxylic acid groups (broad SMARTS) is 2. The van der Waals surface area contributed by atoms with Gasteiger partial charge in [-0.1, -0.05) is 0 Å². The van der Waals surface area contributed by atoms with Crippen LogP contribution in [0.1, 0.15) is 6.42 Å². The Kier molecular flexibility index (Phi) is 1.64. The molecule has 78 valence electrons. The number of nitrogens with two attached hydrogens (primary N) is 1. The monoisotopic (exact) mass is 203 g/mol. The number of rotatable bonds is 2. The fourth-order valence-corrected chi connectivity index (χ4v) is 2.57. The lowest BCUT2D eigenvalue weighted by atomic mass is 9.90. The highest BCUT2D eigenvalue weighted by Gasteiger charge is 2.74. The molecule has 0 aromatic rings. The molecule has 0 radical (unpaired) electrons. The minimum Gasteiger partial charge on any atom is -0.481 e. The van der Waals surface area contributed by atoms with E-state index in [1.807, 2.05) is 0 Å². The van der Waals surface area contributed by atoms with Gasteiger partial charge in [-0.2, -0.15) is 0 Å². The standard InChI is InChI=1S/C8H10FNO4/c9-3-1-2-4(6(11)12)5(2)8(3,10)7(13)14/h2-5H,1,10H2,(H,11,12)(H,13,14)/t2?,3-,4-,5?,8-/m0/s1. The zero-order valence-electron chi connectivity index (χ0n) is 7.18. The molecule has 0 aliphatic heterocycles. The number of carboxylic acids is 2. The van der Waals surface area contributed by atoms with E-state index in [1.165, 1.54) is 0 Å². The zero-order chi connectivity index (χ0) is 10.7. The molecule has 0 aromatic carbocycles. The Morgan fingerprint density at radius 3 is 2.43 bits per heavy atom. The first kappa shape index (κ1) is 9.39. The van der Waals surface area contributed by atoms with Crippen LogP contribution in [0.4, 0.5) is 4.39 Å². The van der Waals surface area contributed by atoms with Crippen LogP contribution in [-0.4, -0.2) is 33.9 Å². The van der Waals surface area contributed by atoms with Gasteiger partial charge in [0.05, 0.1) is 5.92 Å². The van der Waals surface area contributed by atoms with E-state index in [0.717, 1.165) is 0 Å². The van der Waals surface area contributed by atoms with Crippen molar-refractivity contribution in [2.24, 2.45) is 23.5 Å². The SMILES string of the molecule is N[C@]1(C(=O)O)C2C(C[C@@H]1F)[C@@H]2C(=O)O. The van der Waals surface area contributed by atoms with Crippen molar-refractivity contribution in [2.45, 2.75) is 18.1 Å². The van der Waals surface area contributed by atoms with Crippen molar-refractivity contribution in [3.8, 4) is 0 Å². The summed E-state index contributed by atoms with van der Waals surface area (Å²) in [5, 5.41) is 17.5. The fourth-order valence-electron chi connectivity index (χ4n) is 2.57. The largest absolute Gasteiger partial charge is 0.481 e. The van der Waals surface area contributed by atoms with Crippen LogP contribution in [-0.2, 0) is 9.59 Å². The van der Waals surface area contributed by atoms with Crippen molar-refractivity contribution in [2.75, 3.05) is 0 Å². The van der Waals surface area contributed by atoms with Gasteiger partial charge in [-0.3, -0.25) is 9.59 Å². The lowest BCUT2D eigenvalue weighted by Gasteiger charge is -2.24. The highest BCUT2D eigenvalue weighted by atomic mass is 19.1. The van der Waals surface area contributed by atoms with Crippen LogP contribution in [0.5, 0.6) is 0 Å². The molecule has 2 unspecified atom stereocenters. The molecule has 2 fully saturated rings. The first-order chi connectivity index (χ1) is 6.40. The molecule has 2 saturated carbocycles. The molecule has 6 heteroatoms. The highest BCUT2D eigenvalue weighted by Crippen LogP contribution is 2.62. The third-order valence-corrected chi connectivity index (χ3v) is 3.37. The number of fused-ring (bicyclic) bond motifs is 1. The molecule has 0 saturated heterocycles. The van der Waals surface area contributed by atoms with E-state index in [4.69, 9.17) is 15.9 Å². The molecule has 0 aromatic heterocycles. The topological polar surface area (TPSA) is 101 Å². The van der Waals surface area contributed by atoms with Gasteiger partial charge in [0, 0.05) is 5.92 Å². The van der Waals surface area contributed by atoms with Crippen LogP contribution in [0.25, 0.3) is 0 Å². The van der Waals surface area contributed by atoms with E-state index < -0.39 is 41.4 Å². The Bertz CT molecular complexity index is 320. The molecule has 0 heterocycles. The summed E-state index contributed by atoms with van der Waals surface area (Å²) in [6, 6.07) is 0. The van der Waals surface area contributed by atoms with Gasteiger partial charge >= 0.3 is 11.9 Å². The molecular formula is C8H10FNO4. The molecule has 0 spiro atoms. The summed E-state index contributed by atoms with van der Waals surface area (Å²) in [4.78, 5) is 21.4. The van der Waals surface area contributed by atoms with Gasteiger partial charge in [0.15, 0.2) is 0 Å². The molecule has 2 aliphatic rings. The quantitative estimate of drug-likeness (QED) is 0.559. The molecule has 14 heavy (non-hydrogen) atoms. The number of alkyl halides is 1. The van der Waals surface area contributed by atoms with E-state index in [-0.39, 0.29) is 6.42 Å². The van der Waals surface area contributed by atoms with Crippen LogP contribution in [0, 0.1) is 17.8 Å². The normalized spacial score (nSPS) is 49.9. The Morgan fingerprint density at radius 2 is 2.00 bits per heavy atom. The van der Waals surface area contributed by atoms with Gasteiger partial charge < -0.3 is 15.9 Å². The lowest BCUT2D eigenvalue weighted by molar-refractivity contribution is -0.147. The number of hydrogen-bond donors (Lipinski definition) is 3. The van der Waals surface area contributed by atoms with Crippen LogP contribution < -0.4 is 5.73 Å². The Labute approximate surface area is 78.7 Å². The maximum Gasteiger partial charge on any atom is 0.327 e. The van der Waals surface area contributed by atoms with E-state index in [0.29, 0.717) is 0 Å². The van der Waals surface area contributed by atoms with Crippen LogP contribution in [0.3, 0.4) is 0 Å². The van der Waals surface area contributed by atoms with Gasteiger partial charge in [-0.05, 0) is 12.3 Å². The Balaban J connectivity index is 2.26. The van der Waals surface area contributed by atoms with Gasteiger partial charge in [-0.25, -0.2) is 4.39 Å². The van der Waals surface area contributed by atoms with Gasteiger partial charge in [0.2, 0.25) is 0 Å². The zero-order valence-corrected chi connectivity index (χ0v) is 7.18. The number of halogens is 1. The van der Waals surface area contributed by atoms with E-state index in [2.05, 4.69) is 0 Å². The molecule has 0 amide bonds. The highest BCUT2D eigenvalue weighted by molar-refractivity contribution is 5.86. The maximum atomic E-state index is 13.2. The average molecular weight is 203 g/mol. The molecule has 4 N–H and O–H groups in total. The van der Waals surface area contributed by atoms with Crippen molar-refractivity contribution >= 4 is 11.9 Å². The summed E-state index contributed by atoms with van der Waals surface area (Å²) < 4.78 is 13.2. The second kappa shape index (κ2) is 2.44. The molecular weight excluding hydrogens is 193 g/mol. The number of aliphatic carboxylic acids is 2. The van der Waals surface area contributed by atoms with Gasteiger partial charge in [0.25, 0.3) is 0 Å². The van der Waals surface area contributed by atoms with E-state index >= 15 is 0 Å². The Hall–Kier alpha value is -1.17. The van der Waals surface area contributed by atoms with Crippen molar-refractivity contribution in [3.05, 3.63) is 0 Å². The van der Waals surface area contributed by atoms with Gasteiger partial charge in [-0.15, -0.1) is 0 Å². The predicted molar refractivity (Wildman–Crippen MR) is 42.2 cm³/mol. The first-order valence-corrected chi connectivity index (χ1v) is 4.29. The summed E-state index contributed by atoms with van der Waals surface area (Å²) in [6.07, 6.45) is -1.68. The summed E-state index contributed by atoms with van der Waals surface area (Å²) in [7, 11) is 0. The fraction of sp³-hybridized carbons (Fsp3) is 0.750. The van der Waals surface area contributed by atoms with Crippen molar-refractivity contribution < 1.29 is 24.2 Å². The van der Waals surface area contributed by atoms with Gasteiger partial charge in [0.1, 0.15) is 11.7 Å². The summed E-state index contributed by atoms with van der Waals surface area (Å²) in [5.41, 5.74) is 3.43. The van der Waals surface area contributed by atoms with Crippen molar-refractivity contribution in [1.82, 2.24) is 0 Å². The summed E-state index contributed by atoms with van der Waals surface area (Å²) >= 11 is 0. The summed E-state index contributed by atoms with van der Waals surface area (Å²) in [6.45, 7) is 0. The molecule has 5 nitrogen and oxygen atoms in total. The molecule has 0 bridgehead atoms. The van der Waals surface area contributed by atoms with E-state index in [1.54, 1.807) is 0 Å². The first-order valence-electron chi connectivity index (χ1n) is 4.29. The maximum absolute atomic E-state index is 13.2. The van der Waals surface area contributed by atoms with Crippen LogP contribution in [0.15, 0.2) is 0 Å². The van der Waals surface area contributed by atoms with E-state index in [9.17, 15) is 14.0 Å². The minimum atomic E-state index is -1.99. The van der Waals surface area contributed by atoms with Crippen LogP contribution >= 0.6 is 0 Å². The van der Waals surface area contributed by atoms with Crippen LogP contribution in [0.2, 0.25) is 0 Å². The Morgan fingerprint density at radius 1 is 1.43 bits per heavy atom. The van der Waals surface area contributed by atoms with Crippen molar-refractivity contribution in [1.29, 1.82) is 0 Å². The molecule has 2 rings (SSSR count). The average Bonchev–Trinajstić information content (AvgIpc) is 2.70. The molecule has 5 atom stereocenters. The second-order valence-electron chi connectivity index (χ2n) is 4.00. The summed E-state index contributed by atoms with van der Waals surface area (Å²) in [5.74, 6) is -4.44. The second-order valence-corrected chi connectivity index (χ2v) is 4.00. The van der Waals surface area contributed by atoms with Crippen molar-refractivity contribution in [3.63, 3.8) is 0 Å². The number of hydrogen-bond acceptors (Lipinski definition) is 3. The third kappa shape index (κ3) is 0.863. The minimum absolute atomic E-state index is 0.0512. The predicted octanol–water partition coefficient (Wildman–Crippen LogP) is -0.543. The number of carbonyl (C=O) groups is 2. The third-order valence-electron chi connectivity index (χ3n) is 3.37. The lowest BCUT2D eigenvalue weighted by Crippen LogP contribution is -2.56. The molecule has 2 aliphatic carbocycles.